The molecule has 1 heterocycles. The van der Waals surface area contributed by atoms with E-state index >= 15 is 0 Å². The first-order valence-electron chi connectivity index (χ1n) is 8.75. The zero-order valence-corrected chi connectivity index (χ0v) is 18.2. The summed E-state index contributed by atoms with van der Waals surface area (Å²) in [6.45, 7) is 8.26. The minimum atomic E-state index is -3.54. The molecule has 1 aliphatic heterocycles. The third-order valence-electron chi connectivity index (χ3n) is 4.11. The molecule has 0 unspecified atom stereocenters. The van der Waals surface area contributed by atoms with Crippen LogP contribution in [0, 0.1) is 6.92 Å². The number of hydrogen-bond acceptors (Lipinski definition) is 4. The molecule has 0 atom stereocenters. The van der Waals surface area contributed by atoms with E-state index in [0.717, 1.165) is 6.26 Å². The van der Waals surface area contributed by atoms with Crippen LogP contribution in [0.5, 0.6) is 11.5 Å². The van der Waals surface area contributed by atoms with Crippen LogP contribution in [0.3, 0.4) is 0 Å². The summed E-state index contributed by atoms with van der Waals surface area (Å²) >= 11 is 12.1. The smallest absolute Gasteiger partial charge is 0.234 e. The Morgan fingerprint density at radius 2 is 1.90 bits per heavy atom. The van der Waals surface area contributed by atoms with Gasteiger partial charge in [0.2, 0.25) is 15.9 Å². The fraction of sp³-hybridized carbons (Fsp3) is 0.190. The molecule has 0 fully saturated rings. The van der Waals surface area contributed by atoms with Crippen LogP contribution in [0.15, 0.2) is 54.4 Å². The van der Waals surface area contributed by atoms with E-state index in [1.807, 2.05) is 0 Å². The molecule has 2 aromatic carbocycles. The van der Waals surface area contributed by atoms with E-state index in [-0.39, 0.29) is 12.4 Å². The van der Waals surface area contributed by atoms with Gasteiger partial charge in [-0.1, -0.05) is 41.4 Å². The summed E-state index contributed by atoms with van der Waals surface area (Å²) in [5, 5.41) is 0.771. The van der Waals surface area contributed by atoms with Crippen molar-refractivity contribution in [3.8, 4) is 11.5 Å². The molecule has 0 spiro atoms. The van der Waals surface area contributed by atoms with Gasteiger partial charge in [-0.05, 0) is 43.7 Å². The lowest BCUT2D eigenvalue weighted by Gasteiger charge is -2.28. The standard InChI is InChI=1S/C21H19Cl2NO4S/c1-4-27-21-16(6-5-11-24(21)29(3,25)26)17-12-14(2)7-10-20(17)28-15-8-9-18(22)19(23)13-15/h2,5-10,12-13H,4,11H2,1,3H3. The second kappa shape index (κ2) is 8.69. The summed E-state index contributed by atoms with van der Waals surface area (Å²) in [5.41, 5.74) is 1.63. The van der Waals surface area contributed by atoms with Crippen LogP contribution in [-0.2, 0) is 14.8 Å². The van der Waals surface area contributed by atoms with Crippen molar-refractivity contribution in [3.63, 3.8) is 0 Å². The van der Waals surface area contributed by atoms with Crippen molar-refractivity contribution in [2.24, 2.45) is 0 Å². The van der Waals surface area contributed by atoms with E-state index in [2.05, 4.69) is 0 Å². The molecule has 2 radical (unpaired) electrons. The van der Waals surface area contributed by atoms with Crippen molar-refractivity contribution in [2.45, 2.75) is 6.92 Å². The minimum Gasteiger partial charge on any atom is -0.478 e. The first-order valence-corrected chi connectivity index (χ1v) is 11.3. The maximum atomic E-state index is 12.3. The van der Waals surface area contributed by atoms with Crippen molar-refractivity contribution >= 4 is 38.8 Å². The molecule has 0 saturated carbocycles. The lowest BCUT2D eigenvalue weighted by atomic mass is 10.0. The van der Waals surface area contributed by atoms with E-state index in [1.54, 1.807) is 55.5 Å². The van der Waals surface area contributed by atoms with Crippen LogP contribution in [0.25, 0.3) is 5.57 Å². The van der Waals surface area contributed by atoms with Gasteiger partial charge in [0.25, 0.3) is 0 Å². The Balaban J connectivity index is 2.14. The number of ether oxygens (including phenoxy) is 2. The Labute approximate surface area is 181 Å². The number of nitrogens with zero attached hydrogens (tertiary/aromatic N) is 1. The third-order valence-corrected chi connectivity index (χ3v) is 5.96. The summed E-state index contributed by atoms with van der Waals surface area (Å²) in [4.78, 5) is 0. The van der Waals surface area contributed by atoms with Gasteiger partial charge in [0, 0.05) is 17.2 Å². The molecule has 0 bridgehead atoms. The molecule has 0 saturated heterocycles. The number of benzene rings is 2. The molecule has 0 amide bonds. The maximum Gasteiger partial charge on any atom is 0.234 e. The van der Waals surface area contributed by atoms with Gasteiger partial charge >= 0.3 is 0 Å². The molecule has 152 valence electrons. The SMILES string of the molecule is [CH]c1ccc(Oc2ccc(Cl)c(Cl)c2)c(C2=C(OCC)N(S(C)(=O)=O)CC=C2)c1. The fourth-order valence-electron chi connectivity index (χ4n) is 2.85. The monoisotopic (exact) mass is 451 g/mol. The van der Waals surface area contributed by atoms with Gasteiger partial charge < -0.3 is 9.47 Å². The molecule has 0 aliphatic carbocycles. The van der Waals surface area contributed by atoms with E-state index in [9.17, 15) is 8.42 Å². The van der Waals surface area contributed by atoms with Crippen molar-refractivity contribution in [3.05, 3.63) is 82.5 Å². The Bertz CT molecular complexity index is 1090. The Hall–Kier alpha value is -2.15. The number of rotatable bonds is 6. The summed E-state index contributed by atoms with van der Waals surface area (Å²) in [5.74, 6) is 1.16. The predicted octanol–water partition coefficient (Wildman–Crippen LogP) is 5.38. The number of hydrogen-bond donors (Lipinski definition) is 0. The number of halogens is 2. The molecule has 5 nitrogen and oxygen atoms in total. The zero-order valence-electron chi connectivity index (χ0n) is 15.9. The van der Waals surface area contributed by atoms with Crippen LogP contribution in [-0.4, -0.2) is 32.1 Å². The van der Waals surface area contributed by atoms with Crippen LogP contribution in [0.1, 0.15) is 18.1 Å². The molecule has 29 heavy (non-hydrogen) atoms. The lowest BCUT2D eigenvalue weighted by molar-refractivity contribution is 0.171. The fourth-order valence-corrected chi connectivity index (χ4v) is 3.94. The first kappa shape index (κ1) is 21.6. The van der Waals surface area contributed by atoms with Crippen LogP contribution in [0.4, 0.5) is 0 Å². The number of sulfonamides is 1. The normalized spacial score (nSPS) is 14.3. The summed E-state index contributed by atoms with van der Waals surface area (Å²) in [7, 11) is -3.54. The highest BCUT2D eigenvalue weighted by Crippen LogP contribution is 2.37. The zero-order chi connectivity index (χ0) is 21.2. The highest BCUT2D eigenvalue weighted by molar-refractivity contribution is 7.88. The van der Waals surface area contributed by atoms with Gasteiger partial charge in [-0.15, -0.1) is 0 Å². The molecule has 0 aromatic heterocycles. The Morgan fingerprint density at radius 1 is 1.14 bits per heavy atom. The summed E-state index contributed by atoms with van der Waals surface area (Å²) in [6, 6.07) is 10.0. The largest absolute Gasteiger partial charge is 0.478 e. The quantitative estimate of drug-likeness (QED) is 0.591. The third kappa shape index (κ3) is 4.89. The average molecular weight is 452 g/mol. The Kier molecular flexibility index (Phi) is 6.46. The number of allylic oxidation sites excluding steroid dienone is 2. The van der Waals surface area contributed by atoms with E-state index < -0.39 is 10.0 Å². The van der Waals surface area contributed by atoms with Gasteiger partial charge in [0.1, 0.15) is 11.5 Å². The summed E-state index contributed by atoms with van der Waals surface area (Å²) < 4.78 is 37.4. The highest BCUT2D eigenvalue weighted by atomic mass is 35.5. The molecular formula is C21H19Cl2NO4S. The molecule has 2 aromatic rings. The molecule has 1 aliphatic rings. The molecule has 8 heteroatoms. The van der Waals surface area contributed by atoms with E-state index in [4.69, 9.17) is 39.6 Å². The molecule has 0 N–H and O–H groups in total. The second-order valence-corrected chi connectivity index (χ2v) is 9.00. The Morgan fingerprint density at radius 3 is 2.55 bits per heavy atom. The predicted molar refractivity (Wildman–Crippen MR) is 116 cm³/mol. The summed E-state index contributed by atoms with van der Waals surface area (Å²) in [6.07, 6.45) is 4.67. The molecular weight excluding hydrogens is 433 g/mol. The van der Waals surface area contributed by atoms with Gasteiger partial charge in [-0.25, -0.2) is 12.7 Å². The van der Waals surface area contributed by atoms with E-state index in [0.29, 0.717) is 44.9 Å². The van der Waals surface area contributed by atoms with Crippen LogP contribution in [0.2, 0.25) is 10.0 Å². The van der Waals surface area contributed by atoms with Gasteiger partial charge in [-0.2, -0.15) is 0 Å². The van der Waals surface area contributed by atoms with Gasteiger partial charge in [0.15, 0.2) is 0 Å². The van der Waals surface area contributed by atoms with Crippen LogP contribution < -0.4 is 4.74 Å². The topological polar surface area (TPSA) is 55.8 Å². The van der Waals surface area contributed by atoms with Crippen molar-refractivity contribution < 1.29 is 17.9 Å². The average Bonchev–Trinajstić information content (AvgIpc) is 2.66. The molecule has 3 rings (SSSR count). The van der Waals surface area contributed by atoms with Gasteiger partial charge in [0.05, 0.1) is 29.5 Å². The van der Waals surface area contributed by atoms with E-state index in [1.165, 1.54) is 4.31 Å². The second-order valence-electron chi connectivity index (χ2n) is 6.28. The van der Waals surface area contributed by atoms with Crippen molar-refractivity contribution in [1.29, 1.82) is 0 Å². The van der Waals surface area contributed by atoms with Gasteiger partial charge in [-0.3, -0.25) is 0 Å². The first-order chi connectivity index (χ1) is 13.7. The minimum absolute atomic E-state index is 0.183. The maximum absolute atomic E-state index is 12.3. The van der Waals surface area contributed by atoms with Crippen molar-refractivity contribution in [2.75, 3.05) is 19.4 Å². The highest BCUT2D eigenvalue weighted by Gasteiger charge is 2.27. The van der Waals surface area contributed by atoms with Crippen molar-refractivity contribution in [1.82, 2.24) is 4.31 Å². The lowest BCUT2D eigenvalue weighted by Crippen LogP contribution is -2.33. The van der Waals surface area contributed by atoms with Crippen LogP contribution >= 0.6 is 23.2 Å².